The van der Waals surface area contributed by atoms with E-state index in [9.17, 15) is 0 Å². The van der Waals surface area contributed by atoms with Crippen molar-refractivity contribution in [1.82, 2.24) is 15.0 Å². The van der Waals surface area contributed by atoms with Crippen LogP contribution in [0.3, 0.4) is 0 Å². The van der Waals surface area contributed by atoms with Crippen molar-refractivity contribution in [3.8, 4) is 0 Å². The summed E-state index contributed by atoms with van der Waals surface area (Å²) in [5.74, 6) is 1.68. The summed E-state index contributed by atoms with van der Waals surface area (Å²) < 4.78 is 5.48. The van der Waals surface area contributed by atoms with Crippen molar-refractivity contribution in [2.45, 2.75) is 27.7 Å². The Balaban J connectivity index is 1.67. The molecule has 0 unspecified atom stereocenters. The minimum Gasteiger partial charge on any atom is -0.378 e. The first-order chi connectivity index (χ1) is 14.5. The van der Waals surface area contributed by atoms with E-state index in [0.717, 1.165) is 24.5 Å². The van der Waals surface area contributed by atoms with Gasteiger partial charge in [0.2, 0.25) is 17.8 Å². The summed E-state index contributed by atoms with van der Waals surface area (Å²) >= 11 is 0. The van der Waals surface area contributed by atoms with Gasteiger partial charge in [-0.1, -0.05) is 12.1 Å². The third kappa shape index (κ3) is 4.86. The van der Waals surface area contributed by atoms with Gasteiger partial charge in [-0.15, -0.1) is 0 Å². The molecule has 0 aliphatic carbocycles. The van der Waals surface area contributed by atoms with Crippen LogP contribution >= 0.6 is 0 Å². The van der Waals surface area contributed by atoms with Gasteiger partial charge < -0.3 is 20.3 Å². The fourth-order valence-electron chi connectivity index (χ4n) is 3.51. The molecular weight excluding hydrogens is 376 g/mol. The number of hydrogen-bond donors (Lipinski definition) is 2. The Morgan fingerprint density at radius 1 is 0.733 bits per heavy atom. The van der Waals surface area contributed by atoms with E-state index in [1.54, 1.807) is 0 Å². The van der Waals surface area contributed by atoms with Crippen molar-refractivity contribution in [2.75, 3.05) is 41.8 Å². The highest BCUT2D eigenvalue weighted by Crippen LogP contribution is 2.23. The molecule has 0 spiro atoms. The number of nitrogens with one attached hydrogen (secondary N) is 2. The fraction of sp³-hybridized carbons (Fsp3) is 0.348. The van der Waals surface area contributed by atoms with Crippen LogP contribution in [0.25, 0.3) is 0 Å². The minimum atomic E-state index is 0.515. The molecule has 0 atom stereocenters. The molecule has 4 rings (SSSR count). The molecule has 7 heteroatoms. The Morgan fingerprint density at radius 3 is 2.00 bits per heavy atom. The summed E-state index contributed by atoms with van der Waals surface area (Å²) in [5.41, 5.74) is 6.76. The summed E-state index contributed by atoms with van der Waals surface area (Å²) in [6.45, 7) is 11.2. The lowest BCUT2D eigenvalue weighted by molar-refractivity contribution is 0.122. The molecule has 0 radical (unpaired) electrons. The Morgan fingerprint density at radius 2 is 1.37 bits per heavy atom. The van der Waals surface area contributed by atoms with E-state index < -0.39 is 0 Å². The largest absolute Gasteiger partial charge is 0.378 e. The Kier molecular flexibility index (Phi) is 5.81. The number of ether oxygens (including phenoxy) is 1. The minimum absolute atomic E-state index is 0.515. The van der Waals surface area contributed by atoms with Crippen molar-refractivity contribution in [1.29, 1.82) is 0 Å². The van der Waals surface area contributed by atoms with E-state index in [1.807, 2.05) is 6.07 Å². The van der Waals surface area contributed by atoms with Crippen molar-refractivity contribution in [2.24, 2.45) is 0 Å². The van der Waals surface area contributed by atoms with Gasteiger partial charge in [0.1, 0.15) is 0 Å². The van der Waals surface area contributed by atoms with Gasteiger partial charge in [-0.2, -0.15) is 15.0 Å². The van der Waals surface area contributed by atoms with Gasteiger partial charge in [-0.3, -0.25) is 0 Å². The number of hydrogen-bond acceptors (Lipinski definition) is 7. The van der Waals surface area contributed by atoms with E-state index in [-0.39, 0.29) is 0 Å². The number of morpholine rings is 1. The maximum Gasteiger partial charge on any atom is 0.233 e. The molecule has 30 heavy (non-hydrogen) atoms. The summed E-state index contributed by atoms with van der Waals surface area (Å²) in [4.78, 5) is 16.1. The first-order valence-corrected chi connectivity index (χ1v) is 10.2. The molecule has 2 N–H and O–H groups in total. The van der Waals surface area contributed by atoms with Crippen molar-refractivity contribution in [3.63, 3.8) is 0 Å². The molecule has 1 aromatic heterocycles. The van der Waals surface area contributed by atoms with Crippen LogP contribution in [0.5, 0.6) is 0 Å². The fourth-order valence-corrected chi connectivity index (χ4v) is 3.51. The molecule has 1 saturated heterocycles. The number of rotatable bonds is 5. The molecule has 1 fully saturated rings. The first kappa shape index (κ1) is 20.1. The molecule has 156 valence electrons. The van der Waals surface area contributed by atoms with Crippen LogP contribution < -0.4 is 15.5 Å². The Labute approximate surface area is 177 Å². The predicted octanol–water partition coefficient (Wildman–Crippen LogP) is 4.43. The lowest BCUT2D eigenvalue weighted by atomic mass is 10.1. The number of nitrogens with zero attached hydrogens (tertiary/aromatic N) is 4. The predicted molar refractivity (Wildman–Crippen MR) is 121 cm³/mol. The summed E-state index contributed by atoms with van der Waals surface area (Å²) in [7, 11) is 0. The average Bonchev–Trinajstić information content (AvgIpc) is 2.70. The van der Waals surface area contributed by atoms with E-state index in [2.05, 4.69) is 88.5 Å². The molecular formula is C23H28N6O. The molecule has 1 aliphatic rings. The Hall–Kier alpha value is -3.19. The molecule has 2 aromatic carbocycles. The van der Waals surface area contributed by atoms with Crippen LogP contribution in [0.15, 0.2) is 36.4 Å². The smallest absolute Gasteiger partial charge is 0.233 e. The normalized spacial score (nSPS) is 13.9. The van der Waals surface area contributed by atoms with Gasteiger partial charge in [0.25, 0.3) is 0 Å². The van der Waals surface area contributed by atoms with Crippen LogP contribution in [0.4, 0.5) is 29.2 Å². The van der Waals surface area contributed by atoms with Gasteiger partial charge >= 0.3 is 0 Å². The number of aryl methyl sites for hydroxylation is 4. The third-order valence-electron chi connectivity index (χ3n) is 5.16. The highest BCUT2D eigenvalue weighted by Gasteiger charge is 2.17. The second-order valence-electron chi connectivity index (χ2n) is 7.81. The zero-order valence-corrected chi connectivity index (χ0v) is 18.0. The topological polar surface area (TPSA) is 75.2 Å². The molecule has 0 saturated carbocycles. The van der Waals surface area contributed by atoms with Crippen LogP contribution in [-0.4, -0.2) is 41.3 Å². The third-order valence-corrected chi connectivity index (χ3v) is 5.16. The van der Waals surface area contributed by atoms with Gasteiger partial charge in [-0.05, 0) is 74.2 Å². The van der Waals surface area contributed by atoms with E-state index in [1.165, 1.54) is 22.3 Å². The monoisotopic (exact) mass is 404 g/mol. The summed E-state index contributed by atoms with van der Waals surface area (Å²) in [6.07, 6.45) is 0. The molecule has 2 heterocycles. The number of benzene rings is 2. The van der Waals surface area contributed by atoms with E-state index in [0.29, 0.717) is 31.1 Å². The quantitative estimate of drug-likeness (QED) is 0.651. The summed E-state index contributed by atoms with van der Waals surface area (Å²) in [5, 5.41) is 6.69. The van der Waals surface area contributed by atoms with Gasteiger partial charge in [0, 0.05) is 24.5 Å². The lowest BCUT2D eigenvalue weighted by Crippen LogP contribution is -2.37. The number of anilines is 5. The van der Waals surface area contributed by atoms with Gasteiger partial charge in [0.05, 0.1) is 13.2 Å². The Bertz CT molecular complexity index is 1030. The van der Waals surface area contributed by atoms with Crippen LogP contribution in [-0.2, 0) is 4.74 Å². The van der Waals surface area contributed by atoms with Crippen molar-refractivity contribution >= 4 is 29.2 Å². The maximum absolute atomic E-state index is 5.48. The van der Waals surface area contributed by atoms with Crippen LogP contribution in [0.2, 0.25) is 0 Å². The number of aromatic nitrogens is 3. The van der Waals surface area contributed by atoms with Gasteiger partial charge in [0.15, 0.2) is 0 Å². The zero-order valence-electron chi connectivity index (χ0n) is 18.0. The highest BCUT2D eigenvalue weighted by atomic mass is 16.5. The van der Waals surface area contributed by atoms with Crippen LogP contribution in [0, 0.1) is 27.7 Å². The van der Waals surface area contributed by atoms with Crippen molar-refractivity contribution < 1.29 is 4.74 Å². The molecule has 0 amide bonds. The maximum atomic E-state index is 5.48. The van der Waals surface area contributed by atoms with E-state index >= 15 is 0 Å². The van der Waals surface area contributed by atoms with E-state index in [4.69, 9.17) is 4.74 Å². The second kappa shape index (κ2) is 8.67. The SMILES string of the molecule is Cc1cc(C)cc(Nc2nc(Nc3ccc(C)c(C)c3)nc(N3CCOCC3)n2)c1. The van der Waals surface area contributed by atoms with Gasteiger partial charge in [-0.25, -0.2) is 0 Å². The molecule has 0 bridgehead atoms. The average molecular weight is 405 g/mol. The molecule has 7 nitrogen and oxygen atoms in total. The molecule has 1 aliphatic heterocycles. The first-order valence-electron chi connectivity index (χ1n) is 10.2. The zero-order chi connectivity index (χ0) is 21.1. The summed E-state index contributed by atoms with van der Waals surface area (Å²) in [6, 6.07) is 12.5. The van der Waals surface area contributed by atoms with Crippen molar-refractivity contribution in [3.05, 3.63) is 58.7 Å². The lowest BCUT2D eigenvalue weighted by Gasteiger charge is -2.27. The standard InChI is InChI=1S/C23H28N6O/c1-15-11-16(2)13-20(12-15)25-22-26-21(24-19-6-5-17(3)18(4)14-19)27-23(28-22)29-7-9-30-10-8-29/h5-6,11-14H,7-10H2,1-4H3,(H2,24,25,26,27,28). The highest BCUT2D eigenvalue weighted by molar-refractivity contribution is 5.61. The molecule has 3 aromatic rings. The second-order valence-corrected chi connectivity index (χ2v) is 7.81. The van der Waals surface area contributed by atoms with Crippen LogP contribution in [0.1, 0.15) is 22.3 Å².